The van der Waals surface area contributed by atoms with Crippen LogP contribution < -0.4 is 10.2 Å². The number of rotatable bonds is 6. The zero-order valence-electron chi connectivity index (χ0n) is 17.8. The van der Waals surface area contributed by atoms with Gasteiger partial charge in [0.05, 0.1) is 18.5 Å². The van der Waals surface area contributed by atoms with Crippen molar-refractivity contribution in [3.05, 3.63) is 30.1 Å². The Balaban J connectivity index is 1.36. The van der Waals surface area contributed by atoms with E-state index in [1.165, 1.54) is 43.9 Å². The van der Waals surface area contributed by atoms with Gasteiger partial charge in [-0.2, -0.15) is 0 Å². The molecule has 4 rings (SSSR count). The normalized spacial score (nSPS) is 18.9. The van der Waals surface area contributed by atoms with Crippen LogP contribution in [0.25, 0.3) is 0 Å². The minimum Gasteiger partial charge on any atom is -0.378 e. The molecule has 1 aliphatic heterocycles. The first-order valence-corrected chi connectivity index (χ1v) is 11.8. The largest absolute Gasteiger partial charge is 0.378 e. The number of carbonyl (C=O) groups is 1. The Morgan fingerprint density at radius 1 is 1.13 bits per heavy atom. The van der Waals surface area contributed by atoms with Crippen molar-refractivity contribution in [1.82, 2.24) is 14.8 Å². The van der Waals surface area contributed by atoms with Crippen LogP contribution >= 0.6 is 11.8 Å². The second-order valence-corrected chi connectivity index (χ2v) is 9.40. The fourth-order valence-electron chi connectivity index (χ4n) is 4.22. The Bertz CT molecular complexity index is 842. The third-order valence-corrected chi connectivity index (χ3v) is 6.99. The molecule has 162 valence electrons. The topological polar surface area (TPSA) is 72.3 Å². The van der Waals surface area contributed by atoms with E-state index in [1.807, 2.05) is 26.0 Å². The van der Waals surface area contributed by atoms with Crippen LogP contribution in [-0.4, -0.2) is 52.2 Å². The standard InChI is InChI=1S/C22H31N5O2S/c1-16(30-22-25-24-17(2)27(22)20-6-4-3-5-7-20)21(28)23-18-8-10-19(11-9-18)26-12-14-29-15-13-26/h8-11,16,20H,3-7,12-15H2,1-2H3,(H,23,28)/t16-/m1/s1. The van der Waals surface area contributed by atoms with Gasteiger partial charge in [0, 0.05) is 30.5 Å². The van der Waals surface area contributed by atoms with E-state index in [2.05, 4.69) is 37.1 Å². The van der Waals surface area contributed by atoms with Crippen molar-refractivity contribution in [1.29, 1.82) is 0 Å². The number of anilines is 2. The second kappa shape index (κ2) is 9.83. The van der Waals surface area contributed by atoms with E-state index in [1.54, 1.807) is 0 Å². The number of amides is 1. The van der Waals surface area contributed by atoms with E-state index in [9.17, 15) is 4.79 Å². The molecule has 0 radical (unpaired) electrons. The highest BCUT2D eigenvalue weighted by Gasteiger charge is 2.24. The van der Waals surface area contributed by atoms with E-state index in [4.69, 9.17) is 4.74 Å². The molecule has 2 fully saturated rings. The van der Waals surface area contributed by atoms with Crippen molar-refractivity contribution >= 4 is 29.0 Å². The number of carbonyl (C=O) groups excluding carboxylic acids is 1. The van der Waals surface area contributed by atoms with Gasteiger partial charge >= 0.3 is 0 Å². The van der Waals surface area contributed by atoms with Gasteiger partial charge in [-0.3, -0.25) is 4.79 Å². The van der Waals surface area contributed by atoms with Crippen LogP contribution in [0, 0.1) is 6.92 Å². The lowest BCUT2D eigenvalue weighted by Crippen LogP contribution is -2.36. The highest BCUT2D eigenvalue weighted by atomic mass is 32.2. The van der Waals surface area contributed by atoms with Gasteiger partial charge in [0.25, 0.3) is 0 Å². The predicted molar refractivity (Wildman–Crippen MR) is 120 cm³/mol. The maximum Gasteiger partial charge on any atom is 0.237 e. The molecule has 0 bridgehead atoms. The molecular formula is C22H31N5O2S. The van der Waals surface area contributed by atoms with Crippen molar-refractivity contribution in [3.63, 3.8) is 0 Å². The molecule has 1 aromatic heterocycles. The van der Waals surface area contributed by atoms with Crippen molar-refractivity contribution in [3.8, 4) is 0 Å². The second-order valence-electron chi connectivity index (χ2n) is 8.09. The van der Waals surface area contributed by atoms with Gasteiger partial charge in [-0.25, -0.2) is 0 Å². The third-order valence-electron chi connectivity index (χ3n) is 5.94. The number of aromatic nitrogens is 3. The fraction of sp³-hybridized carbons (Fsp3) is 0.591. The summed E-state index contributed by atoms with van der Waals surface area (Å²) in [6.07, 6.45) is 6.15. The fourth-order valence-corrected chi connectivity index (χ4v) is 5.19. The van der Waals surface area contributed by atoms with Crippen molar-refractivity contribution in [2.45, 2.75) is 62.4 Å². The number of aryl methyl sites for hydroxylation is 1. The zero-order chi connectivity index (χ0) is 20.9. The first-order valence-electron chi connectivity index (χ1n) is 10.9. The summed E-state index contributed by atoms with van der Waals surface area (Å²) in [6, 6.07) is 8.51. The zero-order valence-corrected chi connectivity index (χ0v) is 18.7. The van der Waals surface area contributed by atoms with Crippen LogP contribution in [0.15, 0.2) is 29.4 Å². The SMILES string of the molecule is Cc1nnc(S[C@H](C)C(=O)Nc2ccc(N3CCOCC3)cc2)n1C1CCCCC1. The molecule has 1 saturated carbocycles. The number of benzene rings is 1. The molecule has 0 unspecified atom stereocenters. The molecule has 1 saturated heterocycles. The van der Waals surface area contributed by atoms with Crippen molar-refractivity contribution < 1.29 is 9.53 Å². The number of nitrogens with one attached hydrogen (secondary N) is 1. The van der Waals surface area contributed by atoms with E-state index in [0.29, 0.717) is 6.04 Å². The Morgan fingerprint density at radius 3 is 2.53 bits per heavy atom. The Morgan fingerprint density at radius 2 is 1.83 bits per heavy atom. The van der Waals surface area contributed by atoms with Gasteiger partial charge < -0.3 is 19.5 Å². The number of hydrogen-bond acceptors (Lipinski definition) is 6. The molecule has 0 spiro atoms. The number of hydrogen-bond donors (Lipinski definition) is 1. The quantitative estimate of drug-likeness (QED) is 0.699. The third kappa shape index (κ3) is 4.98. The first-order chi connectivity index (χ1) is 14.6. The first kappa shape index (κ1) is 21.2. The summed E-state index contributed by atoms with van der Waals surface area (Å²) in [6.45, 7) is 7.26. The van der Waals surface area contributed by atoms with Gasteiger partial charge in [0.2, 0.25) is 5.91 Å². The van der Waals surface area contributed by atoms with Crippen molar-refractivity contribution in [2.75, 3.05) is 36.5 Å². The summed E-state index contributed by atoms with van der Waals surface area (Å²) in [7, 11) is 0. The predicted octanol–water partition coefficient (Wildman–Crippen LogP) is 4.05. The summed E-state index contributed by atoms with van der Waals surface area (Å²) in [5, 5.41) is 12.3. The molecule has 30 heavy (non-hydrogen) atoms. The summed E-state index contributed by atoms with van der Waals surface area (Å²) in [4.78, 5) is 15.1. The lowest BCUT2D eigenvalue weighted by Gasteiger charge is -2.29. The molecule has 7 nitrogen and oxygen atoms in total. The molecule has 1 aliphatic carbocycles. The van der Waals surface area contributed by atoms with E-state index < -0.39 is 0 Å². The highest BCUT2D eigenvalue weighted by molar-refractivity contribution is 8.00. The molecule has 1 aromatic carbocycles. The van der Waals surface area contributed by atoms with Crippen LogP contribution in [-0.2, 0) is 9.53 Å². The molecule has 8 heteroatoms. The van der Waals surface area contributed by atoms with Crippen LogP contribution in [0.5, 0.6) is 0 Å². The monoisotopic (exact) mass is 429 g/mol. The lowest BCUT2D eigenvalue weighted by atomic mass is 9.95. The molecule has 1 N–H and O–H groups in total. The molecule has 2 aromatic rings. The van der Waals surface area contributed by atoms with E-state index in [-0.39, 0.29) is 11.2 Å². The number of thioether (sulfide) groups is 1. The molecule has 2 heterocycles. The van der Waals surface area contributed by atoms with Gasteiger partial charge in [-0.1, -0.05) is 31.0 Å². The van der Waals surface area contributed by atoms with Crippen LogP contribution in [0.1, 0.15) is 50.9 Å². The van der Waals surface area contributed by atoms with Crippen LogP contribution in [0.3, 0.4) is 0 Å². The lowest BCUT2D eigenvalue weighted by molar-refractivity contribution is -0.115. The average molecular weight is 430 g/mol. The Labute approximate surface area is 182 Å². The molecule has 1 atom stereocenters. The maximum absolute atomic E-state index is 12.8. The smallest absolute Gasteiger partial charge is 0.237 e. The van der Waals surface area contributed by atoms with Crippen LogP contribution in [0.4, 0.5) is 11.4 Å². The maximum atomic E-state index is 12.8. The summed E-state index contributed by atoms with van der Waals surface area (Å²) < 4.78 is 7.65. The summed E-state index contributed by atoms with van der Waals surface area (Å²) >= 11 is 1.49. The minimum atomic E-state index is -0.255. The molecular weight excluding hydrogens is 398 g/mol. The number of morpholine rings is 1. The average Bonchev–Trinajstić information content (AvgIpc) is 3.15. The highest BCUT2D eigenvalue weighted by Crippen LogP contribution is 2.33. The van der Waals surface area contributed by atoms with Gasteiger partial charge in [0.1, 0.15) is 5.82 Å². The van der Waals surface area contributed by atoms with Crippen molar-refractivity contribution in [2.24, 2.45) is 0 Å². The van der Waals surface area contributed by atoms with Crippen LogP contribution in [0.2, 0.25) is 0 Å². The number of ether oxygens (including phenoxy) is 1. The Kier molecular flexibility index (Phi) is 6.94. The summed E-state index contributed by atoms with van der Waals surface area (Å²) in [5.74, 6) is 0.922. The molecule has 1 amide bonds. The minimum absolute atomic E-state index is 0.0185. The van der Waals surface area contributed by atoms with Gasteiger partial charge in [-0.15, -0.1) is 10.2 Å². The molecule has 2 aliphatic rings. The summed E-state index contributed by atoms with van der Waals surface area (Å²) in [5.41, 5.74) is 1.98. The Hall–Kier alpha value is -2.06. The number of nitrogens with zero attached hydrogens (tertiary/aromatic N) is 4. The van der Waals surface area contributed by atoms with E-state index in [0.717, 1.165) is 48.7 Å². The van der Waals surface area contributed by atoms with E-state index >= 15 is 0 Å². The van der Waals surface area contributed by atoms with Gasteiger partial charge in [-0.05, 0) is 51.0 Å². The van der Waals surface area contributed by atoms with Gasteiger partial charge in [0.15, 0.2) is 5.16 Å².